The molecule has 0 aromatic carbocycles. The van der Waals surface area contributed by atoms with Crippen LogP contribution in [0.3, 0.4) is 0 Å². The molecule has 36 atom stereocenters. The zero-order valence-electron chi connectivity index (χ0n) is 53.1. The molecule has 36 unspecified atom stereocenters. The maximum absolute atomic E-state index is 14.7. The van der Waals surface area contributed by atoms with Crippen LogP contribution >= 0.6 is 0 Å². The standard InChI is InChI=1S/C63H100O29/c1-24-11-16-63(58(80)92-56-44(76)40(72)38(70)31(20-64)85-56)18-17-61(7)27(28(63)19-24)9-10-34-60(6)14-13-35(59(4,5)33(60)12-15-62(34,61)8)87-53-47(79)49(30(67)23-82-53)89-57-51(91-54-43(75)39(71)36(68)25(2)83-54)46(78)50(32(21-65)86-57)90-55-45(77)41(73)48(26(3)84-55)88-52-42(74)37(69)29(66)22-81-52/h9,25-26,28-57,64-79H,1,10-23H2,2-8H3. The van der Waals surface area contributed by atoms with E-state index in [0.29, 0.717) is 38.5 Å². The molecule has 29 heteroatoms. The van der Waals surface area contributed by atoms with Gasteiger partial charge in [-0.3, -0.25) is 4.79 Å². The predicted octanol–water partition coefficient (Wildman–Crippen LogP) is -3.52. The molecular formula is C63H100O29. The van der Waals surface area contributed by atoms with E-state index in [4.69, 9.17) is 56.8 Å². The number of hydrogen-bond donors (Lipinski definition) is 16. The fourth-order valence-electron chi connectivity index (χ4n) is 18.4. The number of aliphatic hydroxyl groups is 16. The highest BCUT2D eigenvalue weighted by atomic mass is 16.8. The molecule has 4 saturated carbocycles. The van der Waals surface area contributed by atoms with Gasteiger partial charge < -0.3 is 139 Å². The van der Waals surface area contributed by atoms with Crippen molar-refractivity contribution < 1.29 is 143 Å². The number of carbonyl (C=O) groups is 1. The lowest BCUT2D eigenvalue weighted by molar-refractivity contribution is -0.402. The summed E-state index contributed by atoms with van der Waals surface area (Å²) < 4.78 is 72.0. The second-order valence-electron chi connectivity index (χ2n) is 29.5. The fourth-order valence-corrected chi connectivity index (χ4v) is 18.4. The summed E-state index contributed by atoms with van der Waals surface area (Å²) in [5.74, 6) is -0.541. The van der Waals surface area contributed by atoms with Crippen LogP contribution in [0.2, 0.25) is 0 Å². The lowest BCUT2D eigenvalue weighted by Gasteiger charge is -2.71. The van der Waals surface area contributed by atoms with Gasteiger partial charge in [-0.2, -0.15) is 0 Å². The van der Waals surface area contributed by atoms with Crippen LogP contribution in [0.15, 0.2) is 23.8 Å². The van der Waals surface area contributed by atoms with E-state index in [-0.39, 0.29) is 34.0 Å². The molecule has 526 valence electrons. The highest BCUT2D eigenvalue weighted by Crippen LogP contribution is 2.76. The lowest BCUT2D eigenvalue weighted by Crippen LogP contribution is -2.68. The average Bonchev–Trinajstić information content (AvgIpc) is 0.677. The Bertz CT molecular complexity index is 2620. The minimum Gasteiger partial charge on any atom is -0.432 e. The maximum atomic E-state index is 14.7. The SMILES string of the molecule is C=C1CCC2(C(=O)OC3OC(CO)C(O)C(O)C3O)CCC3(C)C(=CCC4C5(C)CCC(OC6OCC(O)C(OC7OC(CO)C(OC8OC(C)C(OC9OCC(O)C(O)C9O)C(O)C8O)C(O)C7OC7OC(C)C(O)C(O)C7O)C6O)C(C)(C)C5CCC43C)C2C1. The molecule has 6 aliphatic heterocycles. The number of rotatable bonds is 14. The van der Waals surface area contributed by atoms with Crippen LogP contribution in [0.1, 0.15) is 113 Å². The molecular weight excluding hydrogens is 1220 g/mol. The average molecular weight is 1320 g/mol. The largest absolute Gasteiger partial charge is 0.432 e. The second kappa shape index (κ2) is 26.8. The fraction of sp³-hybridized carbons (Fsp3) is 0.921. The molecule has 11 aliphatic rings. The van der Waals surface area contributed by atoms with Crippen LogP contribution in [-0.2, 0) is 61.6 Å². The summed E-state index contributed by atoms with van der Waals surface area (Å²) in [5.41, 5.74) is -0.126. The number of fused-ring (bicyclic) bond motifs is 7. The zero-order chi connectivity index (χ0) is 66.8. The van der Waals surface area contributed by atoms with Gasteiger partial charge in [-0.25, -0.2) is 0 Å². The first-order valence-corrected chi connectivity index (χ1v) is 32.7. The summed E-state index contributed by atoms with van der Waals surface area (Å²) in [6.07, 6.45) is -38.0. The van der Waals surface area contributed by atoms with Crippen molar-refractivity contribution in [3.05, 3.63) is 23.8 Å². The van der Waals surface area contributed by atoms with Crippen molar-refractivity contribution in [1.82, 2.24) is 0 Å². The van der Waals surface area contributed by atoms with Crippen molar-refractivity contribution in [2.75, 3.05) is 26.4 Å². The van der Waals surface area contributed by atoms with E-state index in [9.17, 15) is 86.5 Å². The first-order chi connectivity index (χ1) is 43.3. The van der Waals surface area contributed by atoms with Crippen molar-refractivity contribution in [3.8, 4) is 0 Å². The van der Waals surface area contributed by atoms with Crippen LogP contribution in [-0.4, -0.2) is 292 Å². The molecule has 0 bridgehead atoms. The minimum absolute atomic E-state index is 0.0899. The molecule has 0 aromatic rings. The van der Waals surface area contributed by atoms with Crippen molar-refractivity contribution in [1.29, 1.82) is 0 Å². The monoisotopic (exact) mass is 1320 g/mol. The van der Waals surface area contributed by atoms with Crippen LogP contribution < -0.4 is 0 Å². The summed E-state index contributed by atoms with van der Waals surface area (Å²) in [6.45, 7) is 16.2. The lowest BCUT2D eigenvalue weighted by atomic mass is 9.34. The number of hydrogen-bond acceptors (Lipinski definition) is 29. The van der Waals surface area contributed by atoms with Gasteiger partial charge in [-0.1, -0.05) is 58.4 Å². The maximum Gasteiger partial charge on any atom is 0.315 e. The topological polar surface area (TPSA) is 452 Å². The number of aliphatic hydroxyl groups excluding tert-OH is 16. The molecule has 0 radical (unpaired) electrons. The molecule has 6 saturated heterocycles. The van der Waals surface area contributed by atoms with Crippen LogP contribution in [0.4, 0.5) is 0 Å². The number of esters is 1. The summed E-state index contributed by atoms with van der Waals surface area (Å²) in [7, 11) is 0. The van der Waals surface area contributed by atoms with E-state index >= 15 is 0 Å². The third kappa shape index (κ3) is 12.0. The third-order valence-electron chi connectivity index (χ3n) is 24.2. The summed E-state index contributed by atoms with van der Waals surface area (Å²) in [4.78, 5) is 14.7. The smallest absolute Gasteiger partial charge is 0.315 e. The van der Waals surface area contributed by atoms with Gasteiger partial charge >= 0.3 is 5.97 Å². The van der Waals surface area contributed by atoms with E-state index in [2.05, 4.69) is 47.3 Å². The Morgan fingerprint density at radius 2 is 1.10 bits per heavy atom. The highest BCUT2D eigenvalue weighted by molar-refractivity contribution is 5.79. The molecule has 10 fully saturated rings. The molecule has 0 amide bonds. The number of ether oxygens (including phenoxy) is 12. The van der Waals surface area contributed by atoms with Crippen molar-refractivity contribution in [2.24, 2.45) is 44.8 Å². The van der Waals surface area contributed by atoms with Crippen LogP contribution in [0.5, 0.6) is 0 Å². The van der Waals surface area contributed by atoms with E-state index in [0.717, 1.165) is 31.3 Å². The predicted molar refractivity (Wildman–Crippen MR) is 309 cm³/mol. The first-order valence-electron chi connectivity index (χ1n) is 32.7. The van der Waals surface area contributed by atoms with Crippen LogP contribution in [0.25, 0.3) is 0 Å². The van der Waals surface area contributed by atoms with E-state index in [1.807, 2.05) is 0 Å². The van der Waals surface area contributed by atoms with Gasteiger partial charge in [-0.15, -0.1) is 0 Å². The quantitative estimate of drug-likeness (QED) is 0.0455. The number of allylic oxidation sites excluding steroid dienone is 3. The molecule has 92 heavy (non-hydrogen) atoms. The minimum atomic E-state index is -2.02. The Morgan fingerprint density at radius 3 is 1.78 bits per heavy atom. The Labute approximate surface area is 533 Å². The summed E-state index contributed by atoms with van der Waals surface area (Å²) in [6, 6.07) is 0. The molecule has 29 nitrogen and oxygen atoms in total. The molecule has 6 heterocycles. The van der Waals surface area contributed by atoms with Gasteiger partial charge in [0.2, 0.25) is 6.29 Å². The molecule has 0 aromatic heterocycles. The molecule has 5 aliphatic carbocycles. The molecule has 0 spiro atoms. The molecule has 11 rings (SSSR count). The third-order valence-corrected chi connectivity index (χ3v) is 24.2. The second-order valence-corrected chi connectivity index (χ2v) is 29.5. The Morgan fingerprint density at radius 1 is 0.522 bits per heavy atom. The zero-order valence-corrected chi connectivity index (χ0v) is 53.1. The van der Waals surface area contributed by atoms with E-state index in [1.54, 1.807) is 0 Å². The number of carbonyl (C=O) groups excluding carboxylic acids is 1. The van der Waals surface area contributed by atoms with Gasteiger partial charge in [0.05, 0.1) is 50.2 Å². The van der Waals surface area contributed by atoms with Crippen LogP contribution in [0, 0.1) is 44.8 Å². The summed E-state index contributed by atoms with van der Waals surface area (Å²) >= 11 is 0. The van der Waals surface area contributed by atoms with E-state index < -0.39 is 221 Å². The van der Waals surface area contributed by atoms with Gasteiger partial charge in [0.25, 0.3) is 0 Å². The van der Waals surface area contributed by atoms with Crippen molar-refractivity contribution >= 4 is 5.97 Å². The normalized spacial score (nSPS) is 54.6. The van der Waals surface area contributed by atoms with E-state index in [1.165, 1.54) is 19.4 Å². The van der Waals surface area contributed by atoms with Gasteiger partial charge in [-0.05, 0) is 112 Å². The van der Waals surface area contributed by atoms with Crippen molar-refractivity contribution in [2.45, 2.75) is 291 Å². The van der Waals surface area contributed by atoms with Gasteiger partial charge in [0, 0.05) is 5.92 Å². The molecule has 16 N–H and O–H groups in total. The Balaban J connectivity index is 0.786. The van der Waals surface area contributed by atoms with Gasteiger partial charge in [0.15, 0.2) is 31.5 Å². The van der Waals surface area contributed by atoms with Crippen molar-refractivity contribution in [3.63, 3.8) is 0 Å². The first kappa shape index (κ1) is 71.2. The Kier molecular flexibility index (Phi) is 20.8. The summed E-state index contributed by atoms with van der Waals surface area (Å²) in [5, 5.41) is 175. The Hall–Kier alpha value is -2.13. The van der Waals surface area contributed by atoms with Gasteiger partial charge in [0.1, 0.15) is 122 Å². The highest BCUT2D eigenvalue weighted by Gasteiger charge is 2.70.